The van der Waals surface area contributed by atoms with E-state index in [-0.39, 0.29) is 17.2 Å². The number of carbonyl (C=O) groups is 2. The molecule has 27 heavy (non-hydrogen) atoms. The maximum atomic E-state index is 12.7. The van der Waals surface area contributed by atoms with Crippen molar-refractivity contribution in [3.05, 3.63) is 57.9 Å². The van der Waals surface area contributed by atoms with Gasteiger partial charge in [0.25, 0.3) is 5.91 Å². The van der Waals surface area contributed by atoms with Crippen molar-refractivity contribution in [2.75, 3.05) is 10.6 Å². The van der Waals surface area contributed by atoms with Crippen LogP contribution in [0, 0.1) is 0 Å². The molecule has 0 spiro atoms. The van der Waals surface area contributed by atoms with Gasteiger partial charge < -0.3 is 10.6 Å². The first-order valence-electron chi connectivity index (χ1n) is 8.56. The predicted octanol–water partition coefficient (Wildman–Crippen LogP) is 6.06. The van der Waals surface area contributed by atoms with Gasteiger partial charge in [0.15, 0.2) is 0 Å². The van der Waals surface area contributed by atoms with Gasteiger partial charge in [-0.25, -0.2) is 0 Å². The zero-order valence-electron chi connectivity index (χ0n) is 15.6. The van der Waals surface area contributed by atoms with Gasteiger partial charge in [-0.15, -0.1) is 11.3 Å². The fourth-order valence-electron chi connectivity index (χ4n) is 2.71. The number of anilines is 2. The number of hydrogen-bond acceptors (Lipinski definition) is 3. The van der Waals surface area contributed by atoms with E-state index in [1.165, 1.54) is 23.8 Å². The monoisotopic (exact) mass is 400 g/mol. The Hall–Kier alpha value is -2.37. The summed E-state index contributed by atoms with van der Waals surface area (Å²) in [6.07, 6.45) is 0. The number of halogens is 1. The second kappa shape index (κ2) is 7.33. The van der Waals surface area contributed by atoms with Gasteiger partial charge in [-0.2, -0.15) is 0 Å². The molecule has 1 aromatic heterocycles. The Morgan fingerprint density at radius 3 is 2.11 bits per heavy atom. The topological polar surface area (TPSA) is 58.2 Å². The maximum absolute atomic E-state index is 12.7. The number of nitrogens with one attached hydrogen (secondary N) is 2. The molecule has 0 bridgehead atoms. The van der Waals surface area contributed by atoms with Gasteiger partial charge in [0.2, 0.25) is 5.91 Å². The quantitative estimate of drug-likeness (QED) is 0.561. The van der Waals surface area contributed by atoms with Crippen molar-refractivity contribution >= 4 is 56.2 Å². The molecule has 0 saturated heterocycles. The minimum absolute atomic E-state index is 0.0305. The van der Waals surface area contributed by atoms with Crippen LogP contribution >= 0.6 is 22.9 Å². The third-order valence-electron chi connectivity index (χ3n) is 4.16. The molecule has 0 atom stereocenters. The first-order chi connectivity index (χ1) is 12.6. The highest BCUT2D eigenvalue weighted by Crippen LogP contribution is 2.38. The van der Waals surface area contributed by atoms with Crippen molar-refractivity contribution in [3.63, 3.8) is 0 Å². The molecule has 2 N–H and O–H groups in total. The van der Waals surface area contributed by atoms with Crippen molar-refractivity contribution in [3.8, 4) is 0 Å². The second-order valence-corrected chi connectivity index (χ2v) is 8.85. The summed E-state index contributed by atoms with van der Waals surface area (Å²) in [5.74, 6) is -0.385. The molecule has 0 aliphatic rings. The smallest absolute Gasteiger partial charge is 0.267 e. The van der Waals surface area contributed by atoms with E-state index >= 15 is 0 Å². The van der Waals surface area contributed by atoms with Crippen molar-refractivity contribution < 1.29 is 9.59 Å². The normalized spacial score (nSPS) is 11.4. The van der Waals surface area contributed by atoms with Crippen molar-refractivity contribution in [2.24, 2.45) is 0 Å². The summed E-state index contributed by atoms with van der Waals surface area (Å²) in [6.45, 7) is 7.91. The van der Waals surface area contributed by atoms with Crippen LogP contribution in [0.25, 0.3) is 10.1 Å². The molecule has 1 heterocycles. The van der Waals surface area contributed by atoms with E-state index in [1.807, 2.05) is 6.07 Å². The van der Waals surface area contributed by atoms with Gasteiger partial charge in [-0.1, -0.05) is 44.5 Å². The van der Waals surface area contributed by atoms with E-state index in [2.05, 4.69) is 43.5 Å². The third-order valence-corrected chi connectivity index (χ3v) is 5.82. The number of benzene rings is 2. The van der Waals surface area contributed by atoms with Crippen LogP contribution in [0.4, 0.5) is 11.4 Å². The van der Waals surface area contributed by atoms with Crippen LogP contribution in [0.15, 0.2) is 42.5 Å². The summed E-state index contributed by atoms with van der Waals surface area (Å²) >= 11 is 7.86. The third kappa shape index (κ3) is 4.31. The molecule has 3 aromatic rings. The van der Waals surface area contributed by atoms with Gasteiger partial charge in [-0.05, 0) is 41.3 Å². The lowest BCUT2D eigenvalue weighted by Gasteiger charge is -2.18. The number of rotatable bonds is 3. The molecular weight excluding hydrogens is 380 g/mol. The van der Waals surface area contributed by atoms with Crippen LogP contribution in [0.1, 0.15) is 42.9 Å². The largest absolute Gasteiger partial charge is 0.326 e. The summed E-state index contributed by atoms with van der Waals surface area (Å²) in [5, 5.41) is 6.91. The summed E-state index contributed by atoms with van der Waals surface area (Å²) in [6, 6.07) is 13.1. The summed E-state index contributed by atoms with van der Waals surface area (Å²) in [5.41, 5.74) is 2.55. The Kier molecular flexibility index (Phi) is 5.27. The fourth-order valence-corrected chi connectivity index (χ4v) is 4.16. The van der Waals surface area contributed by atoms with Gasteiger partial charge in [0.1, 0.15) is 4.88 Å². The van der Waals surface area contributed by atoms with Gasteiger partial charge in [0.05, 0.1) is 5.02 Å². The Bertz CT molecular complexity index is 1020. The van der Waals surface area contributed by atoms with E-state index in [0.717, 1.165) is 10.1 Å². The van der Waals surface area contributed by atoms with Crippen molar-refractivity contribution in [1.82, 2.24) is 0 Å². The molecule has 0 fully saturated rings. The molecular formula is C21H21ClN2O2S. The predicted molar refractivity (Wildman–Crippen MR) is 114 cm³/mol. The zero-order chi connectivity index (χ0) is 19.8. The Balaban J connectivity index is 1.85. The van der Waals surface area contributed by atoms with Crippen LogP contribution in [-0.2, 0) is 10.2 Å². The fraction of sp³-hybridized carbons (Fsp3) is 0.238. The molecule has 2 aromatic carbocycles. The average Bonchev–Trinajstić information content (AvgIpc) is 2.92. The first kappa shape index (κ1) is 19.4. The summed E-state index contributed by atoms with van der Waals surface area (Å²) in [4.78, 5) is 24.3. The van der Waals surface area contributed by atoms with Crippen LogP contribution in [0.3, 0.4) is 0 Å². The average molecular weight is 401 g/mol. The van der Waals surface area contributed by atoms with Crippen LogP contribution in [-0.4, -0.2) is 11.8 Å². The highest BCUT2D eigenvalue weighted by molar-refractivity contribution is 7.21. The molecule has 2 amide bonds. The number of thiophene rings is 1. The van der Waals surface area contributed by atoms with E-state index < -0.39 is 0 Å². The number of amides is 2. The highest BCUT2D eigenvalue weighted by atomic mass is 35.5. The van der Waals surface area contributed by atoms with Gasteiger partial charge >= 0.3 is 0 Å². The van der Waals surface area contributed by atoms with E-state index in [4.69, 9.17) is 11.6 Å². The SMILES string of the molecule is CC(=O)Nc1ccc(NC(=O)c2sc3cc(C(C)(C)C)ccc3c2Cl)cc1. The second-order valence-electron chi connectivity index (χ2n) is 7.42. The minimum Gasteiger partial charge on any atom is -0.326 e. The lowest BCUT2D eigenvalue weighted by atomic mass is 9.87. The molecule has 0 aliphatic carbocycles. The summed E-state index contributed by atoms with van der Waals surface area (Å²) in [7, 11) is 0. The molecule has 0 saturated carbocycles. The zero-order valence-corrected chi connectivity index (χ0v) is 17.2. The standard InChI is InChI=1S/C21H21ClN2O2S/c1-12(25)23-14-6-8-15(9-7-14)24-20(26)19-18(22)16-10-5-13(21(2,3)4)11-17(16)27-19/h5-11H,1-4H3,(H,23,25)(H,24,26). The highest BCUT2D eigenvalue weighted by Gasteiger charge is 2.20. The molecule has 6 heteroatoms. The van der Waals surface area contributed by atoms with Crippen LogP contribution in [0.5, 0.6) is 0 Å². The summed E-state index contributed by atoms with van der Waals surface area (Å²) < 4.78 is 0.999. The van der Waals surface area contributed by atoms with E-state index in [1.54, 1.807) is 24.3 Å². The molecule has 3 rings (SSSR count). The molecule has 0 aliphatic heterocycles. The van der Waals surface area contributed by atoms with Crippen molar-refractivity contribution in [2.45, 2.75) is 33.1 Å². The number of carbonyl (C=O) groups excluding carboxylic acids is 2. The maximum Gasteiger partial charge on any atom is 0.267 e. The number of hydrogen-bond donors (Lipinski definition) is 2. The van der Waals surface area contributed by atoms with Crippen LogP contribution < -0.4 is 10.6 Å². The first-order valence-corrected chi connectivity index (χ1v) is 9.76. The molecule has 4 nitrogen and oxygen atoms in total. The lowest BCUT2D eigenvalue weighted by Crippen LogP contribution is -2.11. The Labute approximate surface area is 167 Å². The van der Waals surface area contributed by atoms with Crippen molar-refractivity contribution in [1.29, 1.82) is 0 Å². The Morgan fingerprint density at radius 1 is 0.963 bits per heavy atom. The van der Waals surface area contributed by atoms with Gasteiger partial charge in [0, 0.05) is 28.4 Å². The van der Waals surface area contributed by atoms with E-state index in [9.17, 15) is 9.59 Å². The molecule has 0 radical (unpaired) electrons. The van der Waals surface area contributed by atoms with Gasteiger partial charge in [-0.3, -0.25) is 9.59 Å². The van der Waals surface area contributed by atoms with Crippen LogP contribution in [0.2, 0.25) is 5.02 Å². The minimum atomic E-state index is -0.245. The molecule has 0 unspecified atom stereocenters. The van der Waals surface area contributed by atoms with E-state index in [0.29, 0.717) is 21.3 Å². The molecule has 140 valence electrons. The number of fused-ring (bicyclic) bond motifs is 1. The Morgan fingerprint density at radius 2 is 1.56 bits per heavy atom. The lowest BCUT2D eigenvalue weighted by molar-refractivity contribution is -0.114.